The second-order valence-corrected chi connectivity index (χ2v) is 4.23. The van der Waals surface area contributed by atoms with Gasteiger partial charge in [-0.1, -0.05) is 12.1 Å². The molecule has 2 N–H and O–H groups in total. The largest absolute Gasteiger partial charge is 0.345 e. The number of amides is 2. The van der Waals surface area contributed by atoms with Crippen LogP contribution in [0.5, 0.6) is 0 Å². The molecule has 17 heavy (non-hydrogen) atoms. The fourth-order valence-electron chi connectivity index (χ4n) is 1.48. The summed E-state index contributed by atoms with van der Waals surface area (Å²) >= 11 is 0. The smallest absolute Gasteiger partial charge is 0.246 e. The lowest BCUT2D eigenvalue weighted by atomic mass is 10.1. The van der Waals surface area contributed by atoms with Gasteiger partial charge in [-0.05, 0) is 38.0 Å². The van der Waals surface area contributed by atoms with E-state index in [2.05, 4.69) is 10.6 Å². The minimum absolute atomic E-state index is 0.214. The zero-order chi connectivity index (χ0) is 13.0. The fraction of sp³-hybridized carbons (Fsp3) is 0.385. The third kappa shape index (κ3) is 3.90. The minimum Gasteiger partial charge on any atom is -0.345 e. The minimum atomic E-state index is -0.535. The summed E-state index contributed by atoms with van der Waals surface area (Å²) in [5.74, 6) is -0.428. The Hall–Kier alpha value is -1.84. The van der Waals surface area contributed by atoms with Crippen LogP contribution < -0.4 is 10.6 Å². The molecule has 0 spiro atoms. The van der Waals surface area contributed by atoms with E-state index in [0.717, 1.165) is 16.8 Å². The van der Waals surface area contributed by atoms with Gasteiger partial charge >= 0.3 is 0 Å². The van der Waals surface area contributed by atoms with Gasteiger partial charge in [-0.15, -0.1) is 0 Å². The van der Waals surface area contributed by atoms with Crippen molar-refractivity contribution in [2.45, 2.75) is 33.7 Å². The highest BCUT2D eigenvalue weighted by Gasteiger charge is 2.14. The van der Waals surface area contributed by atoms with E-state index in [0.29, 0.717) is 0 Å². The Labute approximate surface area is 101 Å². The molecule has 4 heteroatoms. The molecule has 0 bridgehead atoms. The van der Waals surface area contributed by atoms with Gasteiger partial charge < -0.3 is 10.6 Å². The van der Waals surface area contributed by atoms with Gasteiger partial charge in [0.2, 0.25) is 11.8 Å². The Morgan fingerprint density at radius 2 is 1.88 bits per heavy atom. The molecule has 2 amide bonds. The molecule has 1 rings (SSSR count). The molecular weight excluding hydrogens is 216 g/mol. The lowest BCUT2D eigenvalue weighted by Crippen LogP contribution is -2.40. The average molecular weight is 234 g/mol. The van der Waals surface area contributed by atoms with Crippen LogP contribution in [0.25, 0.3) is 0 Å². The highest BCUT2D eigenvalue weighted by molar-refractivity contribution is 5.97. The van der Waals surface area contributed by atoms with Crippen LogP contribution in [0.1, 0.15) is 25.0 Å². The molecular formula is C13H18N2O2. The zero-order valence-corrected chi connectivity index (χ0v) is 10.6. The molecule has 0 radical (unpaired) electrons. The van der Waals surface area contributed by atoms with E-state index in [1.54, 1.807) is 6.92 Å². The number of rotatable bonds is 3. The topological polar surface area (TPSA) is 58.2 Å². The number of aryl methyl sites for hydroxylation is 2. The van der Waals surface area contributed by atoms with Crippen molar-refractivity contribution in [2.75, 3.05) is 5.32 Å². The highest BCUT2D eigenvalue weighted by Crippen LogP contribution is 2.16. The van der Waals surface area contributed by atoms with Gasteiger partial charge in [0, 0.05) is 12.6 Å². The monoisotopic (exact) mass is 234 g/mol. The second-order valence-electron chi connectivity index (χ2n) is 4.23. The number of benzene rings is 1. The Morgan fingerprint density at radius 3 is 2.47 bits per heavy atom. The van der Waals surface area contributed by atoms with Crippen LogP contribution >= 0.6 is 0 Å². The summed E-state index contributed by atoms with van der Waals surface area (Å²) in [5.41, 5.74) is 2.87. The number of carbonyl (C=O) groups is 2. The molecule has 0 aliphatic heterocycles. The summed E-state index contributed by atoms with van der Waals surface area (Å²) in [7, 11) is 0. The molecule has 0 aliphatic rings. The Kier molecular flexibility index (Phi) is 4.26. The first-order valence-electron chi connectivity index (χ1n) is 5.55. The van der Waals surface area contributed by atoms with E-state index in [1.165, 1.54) is 6.92 Å². The molecule has 0 saturated carbocycles. The maximum atomic E-state index is 11.8. The fourth-order valence-corrected chi connectivity index (χ4v) is 1.48. The maximum absolute atomic E-state index is 11.8. The van der Waals surface area contributed by atoms with Gasteiger partial charge in [0.15, 0.2) is 0 Å². The first-order valence-corrected chi connectivity index (χ1v) is 5.55. The number of hydrogen-bond donors (Lipinski definition) is 2. The van der Waals surface area contributed by atoms with Gasteiger partial charge in [0.1, 0.15) is 6.04 Å². The number of hydrogen-bond acceptors (Lipinski definition) is 2. The summed E-state index contributed by atoms with van der Waals surface area (Å²) in [6.45, 7) is 6.94. The van der Waals surface area contributed by atoms with Crippen molar-refractivity contribution in [3.63, 3.8) is 0 Å². The van der Waals surface area contributed by atoms with Gasteiger partial charge in [0.25, 0.3) is 0 Å². The third-order valence-electron chi connectivity index (χ3n) is 2.46. The molecule has 0 aromatic heterocycles. The summed E-state index contributed by atoms with van der Waals surface area (Å²) in [6, 6.07) is 5.32. The van der Waals surface area contributed by atoms with E-state index >= 15 is 0 Å². The molecule has 1 unspecified atom stereocenters. The van der Waals surface area contributed by atoms with Gasteiger partial charge in [-0.3, -0.25) is 9.59 Å². The Morgan fingerprint density at radius 1 is 1.24 bits per heavy atom. The van der Waals surface area contributed by atoms with Crippen LogP contribution in [0, 0.1) is 13.8 Å². The van der Waals surface area contributed by atoms with E-state index < -0.39 is 6.04 Å². The van der Waals surface area contributed by atoms with Crippen molar-refractivity contribution in [3.05, 3.63) is 29.3 Å². The van der Waals surface area contributed by atoms with Gasteiger partial charge in [-0.2, -0.15) is 0 Å². The molecule has 4 nitrogen and oxygen atoms in total. The van der Waals surface area contributed by atoms with Crippen LogP contribution in [-0.4, -0.2) is 17.9 Å². The van der Waals surface area contributed by atoms with Crippen LogP contribution in [0.4, 0.5) is 5.69 Å². The molecule has 1 aromatic rings. The molecule has 0 heterocycles. The summed E-state index contributed by atoms with van der Waals surface area (Å²) < 4.78 is 0. The summed E-state index contributed by atoms with van der Waals surface area (Å²) in [5, 5.41) is 5.35. The lowest BCUT2D eigenvalue weighted by Gasteiger charge is -2.14. The predicted octanol–water partition coefficient (Wildman–Crippen LogP) is 1.77. The normalized spacial score (nSPS) is 11.8. The van der Waals surface area contributed by atoms with Crippen LogP contribution in [0.2, 0.25) is 0 Å². The summed E-state index contributed by atoms with van der Waals surface area (Å²) in [6.07, 6.45) is 0. The number of carbonyl (C=O) groups excluding carboxylic acids is 2. The predicted molar refractivity (Wildman–Crippen MR) is 67.8 cm³/mol. The van der Waals surface area contributed by atoms with E-state index in [-0.39, 0.29) is 11.8 Å². The van der Waals surface area contributed by atoms with Crippen LogP contribution in [0.3, 0.4) is 0 Å². The van der Waals surface area contributed by atoms with Crippen molar-refractivity contribution in [2.24, 2.45) is 0 Å². The lowest BCUT2D eigenvalue weighted by molar-refractivity contribution is -0.124. The molecule has 1 atom stereocenters. The van der Waals surface area contributed by atoms with E-state index in [4.69, 9.17) is 0 Å². The number of nitrogens with one attached hydrogen (secondary N) is 2. The molecule has 92 valence electrons. The van der Waals surface area contributed by atoms with Gasteiger partial charge in [0.05, 0.1) is 0 Å². The first kappa shape index (κ1) is 13.2. The van der Waals surface area contributed by atoms with Crippen molar-refractivity contribution < 1.29 is 9.59 Å². The Balaban J connectivity index is 2.73. The third-order valence-corrected chi connectivity index (χ3v) is 2.46. The molecule has 0 fully saturated rings. The van der Waals surface area contributed by atoms with E-state index in [9.17, 15) is 9.59 Å². The van der Waals surface area contributed by atoms with Crippen molar-refractivity contribution in [3.8, 4) is 0 Å². The van der Waals surface area contributed by atoms with Crippen molar-refractivity contribution in [1.82, 2.24) is 5.32 Å². The van der Waals surface area contributed by atoms with Gasteiger partial charge in [-0.25, -0.2) is 0 Å². The maximum Gasteiger partial charge on any atom is 0.246 e. The van der Waals surface area contributed by atoms with E-state index in [1.807, 2.05) is 32.0 Å². The molecule has 0 aliphatic carbocycles. The SMILES string of the molecule is CC(=O)NC(C)C(=O)Nc1cc(C)ccc1C. The summed E-state index contributed by atoms with van der Waals surface area (Å²) in [4.78, 5) is 22.6. The van der Waals surface area contributed by atoms with Crippen molar-refractivity contribution >= 4 is 17.5 Å². The second kappa shape index (κ2) is 5.48. The quantitative estimate of drug-likeness (QED) is 0.837. The van der Waals surface area contributed by atoms with Crippen LogP contribution in [0.15, 0.2) is 18.2 Å². The van der Waals surface area contributed by atoms with Crippen molar-refractivity contribution in [1.29, 1.82) is 0 Å². The molecule has 0 saturated heterocycles. The number of anilines is 1. The average Bonchev–Trinajstić information content (AvgIpc) is 2.22. The molecule has 1 aromatic carbocycles. The highest BCUT2D eigenvalue weighted by atomic mass is 16.2. The Bertz CT molecular complexity index is 441. The zero-order valence-electron chi connectivity index (χ0n) is 10.6. The van der Waals surface area contributed by atoms with Crippen LogP contribution in [-0.2, 0) is 9.59 Å². The standard InChI is InChI=1S/C13H18N2O2/c1-8-5-6-9(2)12(7-8)15-13(17)10(3)14-11(4)16/h5-7,10H,1-4H3,(H,14,16)(H,15,17). The first-order chi connectivity index (χ1) is 7.90.